The van der Waals surface area contributed by atoms with Crippen LogP contribution in [0, 0.1) is 0 Å². The number of rotatable bonds is 4. The summed E-state index contributed by atoms with van der Waals surface area (Å²) in [4.78, 5) is 16.4. The summed E-state index contributed by atoms with van der Waals surface area (Å²) in [6.07, 6.45) is 0. The van der Waals surface area contributed by atoms with E-state index in [2.05, 4.69) is 20.6 Å². The van der Waals surface area contributed by atoms with Gasteiger partial charge in [-0.3, -0.25) is 9.69 Å². The second-order valence-electron chi connectivity index (χ2n) is 5.17. The van der Waals surface area contributed by atoms with Crippen molar-refractivity contribution in [3.8, 4) is 5.75 Å². The third kappa shape index (κ3) is 3.26. The topological polar surface area (TPSA) is 58.6 Å². The van der Waals surface area contributed by atoms with Gasteiger partial charge in [0.05, 0.1) is 7.11 Å². The van der Waals surface area contributed by atoms with E-state index >= 15 is 0 Å². The molecule has 0 radical (unpaired) electrons. The first-order valence-electron chi connectivity index (χ1n) is 7.18. The predicted molar refractivity (Wildman–Crippen MR) is 84.1 cm³/mol. The van der Waals surface area contributed by atoms with E-state index in [9.17, 15) is 4.79 Å². The molecule has 1 aliphatic rings. The molecule has 7 heteroatoms. The van der Waals surface area contributed by atoms with Crippen molar-refractivity contribution >= 4 is 17.4 Å². The molecule has 1 aromatic carbocycles. The highest BCUT2D eigenvalue weighted by Crippen LogP contribution is 2.20. The molecule has 1 amide bonds. The Hall–Kier alpha value is -1.99. The molecule has 1 aliphatic heterocycles. The summed E-state index contributed by atoms with van der Waals surface area (Å²) >= 11 is 1.21. The van der Waals surface area contributed by atoms with Crippen molar-refractivity contribution in [3.05, 3.63) is 40.9 Å². The summed E-state index contributed by atoms with van der Waals surface area (Å²) in [5, 5.41) is 5.55. The summed E-state index contributed by atoms with van der Waals surface area (Å²) in [6, 6.07) is 8.05. The Balaban J connectivity index is 1.57. The number of methoxy groups -OCH3 is 1. The van der Waals surface area contributed by atoms with Crippen LogP contribution in [0.4, 0.5) is 0 Å². The van der Waals surface area contributed by atoms with Gasteiger partial charge >= 0.3 is 0 Å². The van der Waals surface area contributed by atoms with E-state index in [0.717, 1.165) is 25.4 Å². The van der Waals surface area contributed by atoms with Crippen LogP contribution in [0.3, 0.4) is 0 Å². The zero-order valence-corrected chi connectivity index (χ0v) is 13.3. The number of benzene rings is 1. The lowest BCUT2D eigenvalue weighted by Crippen LogP contribution is -2.48. The number of para-hydroxylation sites is 1. The Morgan fingerprint density at radius 3 is 2.73 bits per heavy atom. The number of nitrogens with zero attached hydrogens (tertiary/aromatic N) is 4. The van der Waals surface area contributed by atoms with Crippen molar-refractivity contribution in [2.75, 3.05) is 33.3 Å². The highest BCUT2D eigenvalue weighted by atomic mass is 32.1. The van der Waals surface area contributed by atoms with Crippen LogP contribution in [-0.4, -0.2) is 58.6 Å². The fraction of sp³-hybridized carbons (Fsp3) is 0.400. The van der Waals surface area contributed by atoms with Gasteiger partial charge in [-0.05, 0) is 17.6 Å². The normalized spacial score (nSPS) is 15.8. The minimum Gasteiger partial charge on any atom is -0.496 e. The lowest BCUT2D eigenvalue weighted by atomic mass is 10.1. The SMILES string of the molecule is COc1ccccc1CN1CCN(C(=O)c2csnn2)CC1. The van der Waals surface area contributed by atoms with E-state index in [1.165, 1.54) is 17.1 Å². The number of amides is 1. The second kappa shape index (κ2) is 6.85. The Labute approximate surface area is 133 Å². The van der Waals surface area contributed by atoms with Gasteiger partial charge in [-0.2, -0.15) is 0 Å². The summed E-state index contributed by atoms with van der Waals surface area (Å²) in [5.74, 6) is 0.889. The maximum Gasteiger partial charge on any atom is 0.275 e. The average molecular weight is 318 g/mol. The summed E-state index contributed by atoms with van der Waals surface area (Å²) in [5.41, 5.74) is 1.62. The molecule has 22 heavy (non-hydrogen) atoms. The van der Waals surface area contributed by atoms with Crippen molar-refractivity contribution in [1.29, 1.82) is 0 Å². The largest absolute Gasteiger partial charge is 0.496 e. The van der Waals surface area contributed by atoms with Crippen LogP contribution in [0.5, 0.6) is 5.75 Å². The Bertz CT molecular complexity index is 624. The van der Waals surface area contributed by atoms with Gasteiger partial charge in [0.1, 0.15) is 5.75 Å². The van der Waals surface area contributed by atoms with Gasteiger partial charge < -0.3 is 9.64 Å². The maximum atomic E-state index is 12.2. The molecular formula is C15H18N4O2S. The van der Waals surface area contributed by atoms with Crippen LogP contribution in [-0.2, 0) is 6.54 Å². The van der Waals surface area contributed by atoms with E-state index in [-0.39, 0.29) is 5.91 Å². The van der Waals surface area contributed by atoms with Gasteiger partial charge in [0.15, 0.2) is 5.69 Å². The Kier molecular flexibility index (Phi) is 4.65. The number of piperazine rings is 1. The van der Waals surface area contributed by atoms with Crippen molar-refractivity contribution in [2.24, 2.45) is 0 Å². The molecule has 2 heterocycles. The third-order valence-electron chi connectivity index (χ3n) is 3.83. The number of hydrogen-bond acceptors (Lipinski definition) is 6. The monoisotopic (exact) mass is 318 g/mol. The van der Waals surface area contributed by atoms with Crippen LogP contribution < -0.4 is 4.74 Å². The average Bonchev–Trinajstić information content (AvgIpc) is 3.10. The number of carbonyl (C=O) groups is 1. The zero-order chi connectivity index (χ0) is 15.4. The number of ether oxygens (including phenoxy) is 1. The molecule has 3 rings (SSSR count). The van der Waals surface area contributed by atoms with Gasteiger partial charge in [-0.1, -0.05) is 22.7 Å². The summed E-state index contributed by atoms with van der Waals surface area (Å²) < 4.78 is 9.14. The second-order valence-corrected chi connectivity index (χ2v) is 5.78. The summed E-state index contributed by atoms with van der Waals surface area (Å²) in [6.45, 7) is 3.96. The molecule has 0 saturated carbocycles. The van der Waals surface area contributed by atoms with E-state index in [0.29, 0.717) is 18.8 Å². The highest BCUT2D eigenvalue weighted by Gasteiger charge is 2.23. The zero-order valence-electron chi connectivity index (χ0n) is 12.4. The smallest absolute Gasteiger partial charge is 0.275 e. The molecule has 1 fully saturated rings. The minimum atomic E-state index is -0.0225. The van der Waals surface area contributed by atoms with Gasteiger partial charge in [-0.25, -0.2) is 0 Å². The molecule has 0 unspecified atom stereocenters. The van der Waals surface area contributed by atoms with Gasteiger partial charge in [0.2, 0.25) is 0 Å². The molecule has 2 aromatic rings. The standard InChI is InChI=1S/C15H18N4O2S/c1-21-14-5-3-2-4-12(14)10-18-6-8-19(9-7-18)15(20)13-11-22-17-16-13/h2-5,11H,6-10H2,1H3. The molecule has 0 spiro atoms. The lowest BCUT2D eigenvalue weighted by molar-refractivity contribution is 0.0621. The number of aromatic nitrogens is 2. The molecule has 0 N–H and O–H groups in total. The quantitative estimate of drug-likeness (QED) is 0.855. The van der Waals surface area contributed by atoms with Crippen molar-refractivity contribution in [3.63, 3.8) is 0 Å². The molecule has 6 nitrogen and oxygen atoms in total. The first-order valence-corrected chi connectivity index (χ1v) is 8.02. The Morgan fingerprint density at radius 2 is 2.05 bits per heavy atom. The van der Waals surface area contributed by atoms with Crippen LogP contribution in [0.25, 0.3) is 0 Å². The van der Waals surface area contributed by atoms with Crippen molar-refractivity contribution in [1.82, 2.24) is 19.4 Å². The van der Waals surface area contributed by atoms with E-state index in [4.69, 9.17) is 4.74 Å². The van der Waals surface area contributed by atoms with Crippen LogP contribution in [0.15, 0.2) is 29.6 Å². The van der Waals surface area contributed by atoms with Crippen LogP contribution in [0.1, 0.15) is 16.1 Å². The molecular weight excluding hydrogens is 300 g/mol. The van der Waals surface area contributed by atoms with Crippen LogP contribution in [0.2, 0.25) is 0 Å². The van der Waals surface area contributed by atoms with Crippen molar-refractivity contribution in [2.45, 2.75) is 6.54 Å². The van der Waals surface area contributed by atoms with E-state index in [1.807, 2.05) is 23.1 Å². The van der Waals surface area contributed by atoms with E-state index in [1.54, 1.807) is 12.5 Å². The fourth-order valence-electron chi connectivity index (χ4n) is 2.60. The first-order chi connectivity index (χ1) is 10.8. The van der Waals surface area contributed by atoms with Gasteiger partial charge in [-0.15, -0.1) is 5.10 Å². The fourth-order valence-corrected chi connectivity index (χ4v) is 3.03. The minimum absolute atomic E-state index is 0.0225. The predicted octanol–water partition coefficient (Wildman–Crippen LogP) is 1.50. The van der Waals surface area contributed by atoms with Crippen LogP contribution >= 0.6 is 11.5 Å². The molecule has 0 atom stereocenters. The molecule has 0 bridgehead atoms. The molecule has 0 aliphatic carbocycles. The van der Waals surface area contributed by atoms with Gasteiger partial charge in [0.25, 0.3) is 5.91 Å². The molecule has 1 aromatic heterocycles. The third-order valence-corrected chi connectivity index (χ3v) is 4.33. The number of carbonyl (C=O) groups excluding carboxylic acids is 1. The first kappa shape index (κ1) is 14.9. The van der Waals surface area contributed by atoms with E-state index < -0.39 is 0 Å². The summed E-state index contributed by atoms with van der Waals surface area (Å²) in [7, 11) is 1.69. The van der Waals surface area contributed by atoms with Crippen molar-refractivity contribution < 1.29 is 9.53 Å². The van der Waals surface area contributed by atoms with Gasteiger partial charge in [0, 0.05) is 43.7 Å². The highest BCUT2D eigenvalue weighted by molar-refractivity contribution is 7.03. The molecule has 116 valence electrons. The molecule has 1 saturated heterocycles. The number of hydrogen-bond donors (Lipinski definition) is 0. The maximum absolute atomic E-state index is 12.2. The Morgan fingerprint density at radius 1 is 1.27 bits per heavy atom. The lowest BCUT2D eigenvalue weighted by Gasteiger charge is -2.34.